The van der Waals surface area contributed by atoms with Crippen LogP contribution in [0.3, 0.4) is 0 Å². The van der Waals surface area contributed by atoms with Crippen molar-refractivity contribution in [1.29, 1.82) is 0 Å². The number of rotatable bonds is 5. The monoisotopic (exact) mass is 361 g/mol. The molecular weight excluding hydrogens is 342 g/mol. The maximum Gasteiger partial charge on any atom is 0.312 e. The fraction of sp³-hybridized carbons (Fsp3) is 0.294. The first-order valence-corrected chi connectivity index (χ1v) is 8.62. The Bertz CT molecular complexity index is 789. The molecule has 1 aliphatic rings. The standard InChI is InChI=1S/C17H19N3O4S/c1-17(2)23-12-6-5-10(8-13(12)24-17)19-15(21)9-11(20-16(18)22)14-4-3-7-25-14/h3-8,11H,9H2,1-2H3,(H,19,21)(H3,18,20,22)/t11-/m1/s1. The summed E-state index contributed by atoms with van der Waals surface area (Å²) in [7, 11) is 0. The number of primary amides is 1. The highest BCUT2D eigenvalue weighted by Crippen LogP contribution is 2.40. The number of thiophene rings is 1. The summed E-state index contributed by atoms with van der Waals surface area (Å²) in [6.45, 7) is 3.62. The molecule has 0 aliphatic carbocycles. The number of hydrogen-bond donors (Lipinski definition) is 3. The molecule has 3 amide bonds. The second kappa shape index (κ2) is 6.64. The summed E-state index contributed by atoms with van der Waals surface area (Å²) in [6.07, 6.45) is 0.0728. The third-order valence-corrected chi connectivity index (χ3v) is 4.52. The van der Waals surface area contributed by atoms with Crippen LogP contribution >= 0.6 is 11.3 Å². The molecule has 1 atom stereocenters. The fourth-order valence-electron chi connectivity index (χ4n) is 2.58. The molecule has 132 valence electrons. The summed E-state index contributed by atoms with van der Waals surface area (Å²) < 4.78 is 11.3. The molecule has 1 aliphatic heterocycles. The highest BCUT2D eigenvalue weighted by atomic mass is 32.1. The van der Waals surface area contributed by atoms with Gasteiger partial charge in [0.1, 0.15) is 0 Å². The third kappa shape index (κ3) is 4.21. The molecule has 1 aromatic carbocycles. The highest BCUT2D eigenvalue weighted by Gasteiger charge is 2.31. The molecule has 0 saturated carbocycles. The van der Waals surface area contributed by atoms with Gasteiger partial charge in [0.05, 0.1) is 12.5 Å². The molecule has 0 radical (unpaired) electrons. The molecule has 25 heavy (non-hydrogen) atoms. The minimum atomic E-state index is -0.722. The van der Waals surface area contributed by atoms with E-state index < -0.39 is 17.9 Å². The van der Waals surface area contributed by atoms with Gasteiger partial charge in [0.15, 0.2) is 11.5 Å². The molecule has 8 heteroatoms. The number of anilines is 1. The first-order chi connectivity index (χ1) is 11.8. The molecular formula is C17H19N3O4S. The third-order valence-electron chi connectivity index (χ3n) is 3.53. The number of hydrogen-bond acceptors (Lipinski definition) is 5. The number of fused-ring (bicyclic) bond motifs is 1. The predicted octanol–water partition coefficient (Wildman–Crippen LogP) is 2.99. The smallest absolute Gasteiger partial charge is 0.312 e. The number of benzene rings is 1. The summed E-state index contributed by atoms with van der Waals surface area (Å²) in [5, 5.41) is 7.28. The van der Waals surface area contributed by atoms with E-state index in [0.29, 0.717) is 17.2 Å². The summed E-state index contributed by atoms with van der Waals surface area (Å²) in [6, 6.07) is 7.76. The average Bonchev–Trinajstić information content (AvgIpc) is 3.11. The molecule has 0 fully saturated rings. The Morgan fingerprint density at radius 1 is 1.24 bits per heavy atom. The lowest BCUT2D eigenvalue weighted by Crippen LogP contribution is -2.34. The SMILES string of the molecule is CC1(C)Oc2ccc(NC(=O)C[C@@H](NC(N)=O)c3cccs3)cc2O1. The van der Waals surface area contributed by atoms with Crippen LogP contribution < -0.4 is 25.8 Å². The Morgan fingerprint density at radius 2 is 2.00 bits per heavy atom. The number of amides is 3. The van der Waals surface area contributed by atoms with Crippen molar-refractivity contribution in [2.75, 3.05) is 5.32 Å². The van der Waals surface area contributed by atoms with E-state index in [4.69, 9.17) is 15.2 Å². The van der Waals surface area contributed by atoms with Gasteiger partial charge in [-0.1, -0.05) is 6.07 Å². The Labute approximate surface area is 149 Å². The second-order valence-electron chi connectivity index (χ2n) is 6.09. The molecule has 4 N–H and O–H groups in total. The lowest BCUT2D eigenvalue weighted by Gasteiger charge is -2.16. The molecule has 2 heterocycles. The van der Waals surface area contributed by atoms with Crippen LogP contribution in [-0.4, -0.2) is 17.7 Å². The molecule has 0 saturated heterocycles. The van der Waals surface area contributed by atoms with Crippen LogP contribution in [-0.2, 0) is 4.79 Å². The lowest BCUT2D eigenvalue weighted by molar-refractivity contribution is -0.116. The number of carbonyl (C=O) groups excluding carboxylic acids is 2. The van der Waals surface area contributed by atoms with Gasteiger partial charge in [-0.05, 0) is 23.6 Å². The van der Waals surface area contributed by atoms with E-state index in [9.17, 15) is 9.59 Å². The number of urea groups is 1. The maximum atomic E-state index is 12.4. The highest BCUT2D eigenvalue weighted by molar-refractivity contribution is 7.10. The van der Waals surface area contributed by atoms with Gasteiger partial charge in [0.2, 0.25) is 11.7 Å². The van der Waals surface area contributed by atoms with E-state index in [1.165, 1.54) is 11.3 Å². The molecule has 1 aromatic heterocycles. The zero-order valence-electron chi connectivity index (χ0n) is 13.9. The van der Waals surface area contributed by atoms with Crippen LogP contribution in [0.15, 0.2) is 35.7 Å². The van der Waals surface area contributed by atoms with Gasteiger partial charge in [-0.15, -0.1) is 11.3 Å². The Morgan fingerprint density at radius 3 is 2.68 bits per heavy atom. The van der Waals surface area contributed by atoms with E-state index in [0.717, 1.165) is 4.88 Å². The van der Waals surface area contributed by atoms with Crippen LogP contribution in [0, 0.1) is 0 Å². The summed E-state index contributed by atoms with van der Waals surface area (Å²) in [4.78, 5) is 24.4. The number of carbonyl (C=O) groups is 2. The van der Waals surface area contributed by atoms with Crippen molar-refractivity contribution in [1.82, 2.24) is 5.32 Å². The minimum Gasteiger partial charge on any atom is -0.449 e. The van der Waals surface area contributed by atoms with Gasteiger partial charge in [0, 0.05) is 30.5 Å². The van der Waals surface area contributed by atoms with E-state index >= 15 is 0 Å². The molecule has 0 bridgehead atoms. The Hall–Kier alpha value is -2.74. The van der Waals surface area contributed by atoms with Crippen LogP contribution in [0.2, 0.25) is 0 Å². The van der Waals surface area contributed by atoms with Gasteiger partial charge < -0.3 is 25.8 Å². The average molecular weight is 361 g/mol. The van der Waals surface area contributed by atoms with Gasteiger partial charge >= 0.3 is 6.03 Å². The molecule has 0 spiro atoms. The van der Waals surface area contributed by atoms with Crippen molar-refractivity contribution >= 4 is 29.0 Å². The van der Waals surface area contributed by atoms with Gasteiger partial charge in [-0.25, -0.2) is 4.79 Å². The predicted molar refractivity (Wildman–Crippen MR) is 94.8 cm³/mol. The first kappa shape index (κ1) is 17.1. The summed E-state index contributed by atoms with van der Waals surface area (Å²) in [5.74, 6) is 0.244. The molecule has 2 aromatic rings. The van der Waals surface area contributed by atoms with Crippen LogP contribution in [0.1, 0.15) is 31.2 Å². The Balaban J connectivity index is 1.67. The second-order valence-corrected chi connectivity index (χ2v) is 7.07. The quantitative estimate of drug-likeness (QED) is 0.762. The van der Waals surface area contributed by atoms with Crippen LogP contribution in [0.4, 0.5) is 10.5 Å². The van der Waals surface area contributed by atoms with Gasteiger partial charge in [0.25, 0.3) is 0 Å². The summed E-state index contributed by atoms with van der Waals surface area (Å²) in [5.41, 5.74) is 5.80. The van der Waals surface area contributed by atoms with E-state index in [2.05, 4.69) is 10.6 Å². The van der Waals surface area contributed by atoms with E-state index in [-0.39, 0.29) is 12.3 Å². The molecule has 0 unspecified atom stereocenters. The van der Waals surface area contributed by atoms with Gasteiger partial charge in [-0.3, -0.25) is 4.79 Å². The van der Waals surface area contributed by atoms with Crippen molar-refractivity contribution < 1.29 is 19.1 Å². The minimum absolute atomic E-state index is 0.0728. The number of nitrogens with one attached hydrogen (secondary N) is 2. The first-order valence-electron chi connectivity index (χ1n) is 7.74. The van der Waals surface area contributed by atoms with Crippen molar-refractivity contribution in [3.05, 3.63) is 40.6 Å². The lowest BCUT2D eigenvalue weighted by atomic mass is 10.1. The van der Waals surface area contributed by atoms with Crippen LogP contribution in [0.5, 0.6) is 11.5 Å². The van der Waals surface area contributed by atoms with Crippen LogP contribution in [0.25, 0.3) is 0 Å². The van der Waals surface area contributed by atoms with Crippen molar-refractivity contribution in [2.24, 2.45) is 5.73 Å². The van der Waals surface area contributed by atoms with E-state index in [1.54, 1.807) is 18.2 Å². The fourth-order valence-corrected chi connectivity index (χ4v) is 3.36. The zero-order chi connectivity index (χ0) is 18.0. The summed E-state index contributed by atoms with van der Waals surface area (Å²) >= 11 is 1.45. The topological polar surface area (TPSA) is 103 Å². The van der Waals surface area contributed by atoms with Crippen molar-refractivity contribution in [2.45, 2.75) is 32.1 Å². The zero-order valence-corrected chi connectivity index (χ0v) is 14.7. The van der Waals surface area contributed by atoms with E-state index in [1.807, 2.05) is 31.4 Å². The normalized spacial score (nSPS) is 15.4. The Kier molecular flexibility index (Phi) is 4.54. The maximum absolute atomic E-state index is 12.4. The van der Waals surface area contributed by atoms with Gasteiger partial charge in [-0.2, -0.15) is 0 Å². The molecule has 3 rings (SSSR count). The largest absolute Gasteiger partial charge is 0.449 e. The van der Waals surface area contributed by atoms with Crippen molar-refractivity contribution in [3.63, 3.8) is 0 Å². The molecule has 7 nitrogen and oxygen atoms in total. The number of nitrogens with two attached hydrogens (primary N) is 1. The van der Waals surface area contributed by atoms with Crippen molar-refractivity contribution in [3.8, 4) is 11.5 Å². The number of ether oxygens (including phenoxy) is 2.